The van der Waals surface area contributed by atoms with Crippen molar-refractivity contribution in [2.24, 2.45) is 0 Å². The zero-order valence-corrected chi connectivity index (χ0v) is 22.6. The Hall–Kier alpha value is -3.29. The summed E-state index contributed by atoms with van der Waals surface area (Å²) in [6.07, 6.45) is 0. The van der Waals surface area contributed by atoms with Crippen LogP contribution in [0.1, 0.15) is 29.7 Å². The van der Waals surface area contributed by atoms with Crippen LogP contribution in [-0.2, 0) is 15.6 Å². The summed E-state index contributed by atoms with van der Waals surface area (Å²) in [6.45, 7) is 5.85. The number of sulfonamides is 1. The van der Waals surface area contributed by atoms with Gasteiger partial charge >= 0.3 is 0 Å². The molecule has 38 heavy (non-hydrogen) atoms. The second-order valence-electron chi connectivity index (χ2n) is 10.0. The number of nitrogens with zero attached hydrogens (tertiary/aromatic N) is 2. The molecule has 0 radical (unpaired) electrons. The molecule has 4 aromatic rings. The molecule has 1 heterocycles. The first-order chi connectivity index (χ1) is 18.5. The second kappa shape index (κ2) is 11.6. The van der Waals surface area contributed by atoms with E-state index in [-0.39, 0.29) is 17.5 Å². The van der Waals surface area contributed by atoms with Crippen molar-refractivity contribution in [3.63, 3.8) is 0 Å². The first kappa shape index (κ1) is 26.3. The molecule has 196 valence electrons. The molecule has 1 fully saturated rings. The highest BCUT2D eigenvalue weighted by molar-refractivity contribution is 7.89. The molecule has 6 heteroatoms. The van der Waals surface area contributed by atoms with Gasteiger partial charge in [0, 0.05) is 32.7 Å². The summed E-state index contributed by atoms with van der Waals surface area (Å²) in [7, 11) is -3.62. The third-order valence-electron chi connectivity index (χ3n) is 7.66. The minimum Gasteiger partial charge on any atom is -0.290 e. The molecule has 0 bridgehead atoms. The van der Waals surface area contributed by atoms with Crippen LogP contribution in [-0.4, -0.2) is 50.9 Å². The molecule has 5 nitrogen and oxygen atoms in total. The Morgan fingerprint density at radius 1 is 0.684 bits per heavy atom. The smallest absolute Gasteiger partial charge is 0.240 e. The van der Waals surface area contributed by atoms with Crippen LogP contribution in [0.15, 0.2) is 126 Å². The molecule has 1 aliphatic heterocycles. The highest BCUT2D eigenvalue weighted by Crippen LogP contribution is 2.33. The first-order valence-electron chi connectivity index (χ1n) is 13.2. The SMILES string of the molecule is C[C@@](CNS(=O)(=O)c1ccccc1)(c1ccccc1)N1CCN(C(c2ccccc2)c2ccccc2)CC1. The Bertz CT molecular complexity index is 1350. The quantitative estimate of drug-likeness (QED) is 0.323. The molecular weight excluding hydrogens is 490 g/mol. The fraction of sp³-hybridized carbons (Fsp3) is 0.250. The van der Waals surface area contributed by atoms with E-state index in [1.165, 1.54) is 11.1 Å². The van der Waals surface area contributed by atoms with Crippen LogP contribution in [0.4, 0.5) is 0 Å². The molecule has 1 saturated heterocycles. The molecule has 0 spiro atoms. The van der Waals surface area contributed by atoms with Gasteiger partial charge in [0.05, 0.1) is 16.5 Å². The lowest BCUT2D eigenvalue weighted by Crippen LogP contribution is -2.58. The maximum absolute atomic E-state index is 13.1. The Kier molecular flexibility index (Phi) is 8.05. The van der Waals surface area contributed by atoms with Crippen molar-refractivity contribution >= 4 is 10.0 Å². The third-order valence-corrected chi connectivity index (χ3v) is 9.08. The molecular formula is C32H35N3O2S. The summed E-state index contributed by atoms with van der Waals surface area (Å²) < 4.78 is 29.1. The number of rotatable bonds is 9. The van der Waals surface area contributed by atoms with Crippen molar-refractivity contribution in [1.82, 2.24) is 14.5 Å². The average Bonchev–Trinajstić information content (AvgIpc) is 2.98. The summed E-state index contributed by atoms with van der Waals surface area (Å²) in [5, 5.41) is 0. The maximum atomic E-state index is 13.1. The molecule has 0 unspecified atom stereocenters. The van der Waals surface area contributed by atoms with E-state index < -0.39 is 15.6 Å². The number of hydrogen-bond acceptors (Lipinski definition) is 4. The maximum Gasteiger partial charge on any atom is 0.240 e. The van der Waals surface area contributed by atoms with E-state index in [0.29, 0.717) is 0 Å². The number of nitrogens with one attached hydrogen (secondary N) is 1. The number of benzene rings is 4. The largest absolute Gasteiger partial charge is 0.290 e. The zero-order valence-electron chi connectivity index (χ0n) is 21.8. The zero-order chi connectivity index (χ0) is 26.4. The van der Waals surface area contributed by atoms with Crippen molar-refractivity contribution in [1.29, 1.82) is 0 Å². The van der Waals surface area contributed by atoms with Gasteiger partial charge in [-0.15, -0.1) is 0 Å². The van der Waals surface area contributed by atoms with Gasteiger partial charge < -0.3 is 0 Å². The fourth-order valence-electron chi connectivity index (χ4n) is 5.47. The van der Waals surface area contributed by atoms with Gasteiger partial charge in [0.2, 0.25) is 10.0 Å². The molecule has 0 aliphatic carbocycles. The molecule has 1 atom stereocenters. The van der Waals surface area contributed by atoms with E-state index in [9.17, 15) is 8.42 Å². The third kappa shape index (κ3) is 5.74. The topological polar surface area (TPSA) is 52.7 Å². The normalized spacial score (nSPS) is 16.8. The van der Waals surface area contributed by atoms with Gasteiger partial charge in [-0.05, 0) is 35.7 Å². The molecule has 0 aromatic heterocycles. The van der Waals surface area contributed by atoms with Gasteiger partial charge in [-0.1, -0.05) is 109 Å². The van der Waals surface area contributed by atoms with Crippen LogP contribution < -0.4 is 4.72 Å². The lowest BCUT2D eigenvalue weighted by atomic mass is 9.89. The van der Waals surface area contributed by atoms with Crippen LogP contribution in [0.3, 0.4) is 0 Å². The van der Waals surface area contributed by atoms with Crippen molar-refractivity contribution < 1.29 is 8.42 Å². The van der Waals surface area contributed by atoms with Crippen molar-refractivity contribution in [3.8, 4) is 0 Å². The minimum atomic E-state index is -3.62. The van der Waals surface area contributed by atoms with Gasteiger partial charge in [-0.3, -0.25) is 9.80 Å². The lowest BCUT2D eigenvalue weighted by Gasteiger charge is -2.48. The van der Waals surface area contributed by atoms with Gasteiger partial charge in [0.15, 0.2) is 0 Å². The highest BCUT2D eigenvalue weighted by atomic mass is 32.2. The Labute approximate surface area is 226 Å². The molecule has 0 saturated carbocycles. The van der Waals surface area contributed by atoms with E-state index in [0.717, 1.165) is 31.7 Å². The summed E-state index contributed by atoms with van der Waals surface area (Å²) >= 11 is 0. The van der Waals surface area contributed by atoms with Crippen LogP contribution in [0.5, 0.6) is 0 Å². The molecule has 4 aromatic carbocycles. The van der Waals surface area contributed by atoms with Gasteiger partial charge in [-0.2, -0.15) is 0 Å². The predicted molar refractivity (Wildman–Crippen MR) is 153 cm³/mol. The molecule has 5 rings (SSSR count). The van der Waals surface area contributed by atoms with Gasteiger partial charge in [0.25, 0.3) is 0 Å². The summed E-state index contributed by atoms with van der Waals surface area (Å²) in [4.78, 5) is 5.26. The van der Waals surface area contributed by atoms with Crippen LogP contribution in [0.2, 0.25) is 0 Å². The van der Waals surface area contributed by atoms with E-state index in [1.54, 1.807) is 24.3 Å². The van der Waals surface area contributed by atoms with Crippen molar-refractivity contribution in [2.45, 2.75) is 23.4 Å². The average molecular weight is 526 g/mol. The number of piperazine rings is 1. The minimum absolute atomic E-state index is 0.180. The highest BCUT2D eigenvalue weighted by Gasteiger charge is 2.38. The molecule has 1 N–H and O–H groups in total. The molecule has 0 amide bonds. The van der Waals surface area contributed by atoms with Gasteiger partial charge in [-0.25, -0.2) is 13.1 Å². The monoisotopic (exact) mass is 525 g/mol. The van der Waals surface area contributed by atoms with E-state index in [1.807, 2.05) is 24.3 Å². The van der Waals surface area contributed by atoms with Crippen LogP contribution >= 0.6 is 0 Å². The fourth-order valence-corrected chi connectivity index (χ4v) is 6.62. The van der Waals surface area contributed by atoms with Crippen molar-refractivity contribution in [2.75, 3.05) is 32.7 Å². The Morgan fingerprint density at radius 2 is 1.13 bits per heavy atom. The Balaban J connectivity index is 1.38. The predicted octanol–water partition coefficient (Wildman–Crippen LogP) is 5.29. The van der Waals surface area contributed by atoms with Crippen LogP contribution in [0.25, 0.3) is 0 Å². The van der Waals surface area contributed by atoms with Crippen molar-refractivity contribution in [3.05, 3.63) is 138 Å². The summed E-state index contributed by atoms with van der Waals surface area (Å²) in [5.74, 6) is 0. The summed E-state index contributed by atoms with van der Waals surface area (Å²) in [6, 6.07) is 40.4. The van der Waals surface area contributed by atoms with E-state index >= 15 is 0 Å². The van der Waals surface area contributed by atoms with Gasteiger partial charge in [0.1, 0.15) is 0 Å². The lowest BCUT2D eigenvalue weighted by molar-refractivity contribution is 0.0316. The standard InChI is InChI=1S/C32H35N3O2S/c1-32(29-18-10-4-11-19-29,26-33-38(36,37)30-20-12-5-13-21-30)35-24-22-34(23-25-35)31(27-14-6-2-7-15-27)28-16-8-3-9-17-28/h2-21,31,33H,22-26H2,1H3/t32-/m1/s1. The van der Waals surface area contributed by atoms with Crippen LogP contribution in [0, 0.1) is 0 Å². The van der Waals surface area contributed by atoms with E-state index in [4.69, 9.17) is 0 Å². The first-order valence-corrected chi connectivity index (χ1v) is 14.6. The number of hydrogen-bond donors (Lipinski definition) is 1. The summed E-state index contributed by atoms with van der Waals surface area (Å²) in [5.41, 5.74) is 3.18. The second-order valence-corrected chi connectivity index (χ2v) is 11.8. The Morgan fingerprint density at radius 3 is 1.63 bits per heavy atom. The van der Waals surface area contributed by atoms with E-state index in [2.05, 4.69) is 94.2 Å². The molecule has 1 aliphatic rings.